The Kier molecular flexibility index (Phi) is 3.65. The second kappa shape index (κ2) is 5.19. The maximum absolute atomic E-state index is 11.8. The van der Waals surface area contributed by atoms with Crippen molar-refractivity contribution >= 4 is 5.97 Å². The largest absolute Gasteiger partial charge is 0.494 e. The van der Waals surface area contributed by atoms with E-state index < -0.39 is 0 Å². The van der Waals surface area contributed by atoms with Crippen LogP contribution in [0.25, 0.3) is 0 Å². The van der Waals surface area contributed by atoms with Crippen LogP contribution in [-0.2, 0) is 14.3 Å². The summed E-state index contributed by atoms with van der Waals surface area (Å²) in [5, 5.41) is 0. The summed E-state index contributed by atoms with van der Waals surface area (Å²) in [6, 6.07) is 0. The highest BCUT2D eigenvalue weighted by molar-refractivity contribution is 5.89. The highest BCUT2D eigenvalue weighted by Crippen LogP contribution is 2.32. The van der Waals surface area contributed by atoms with E-state index >= 15 is 0 Å². The molecule has 0 saturated heterocycles. The Bertz CT molecular complexity index is 320. The van der Waals surface area contributed by atoms with Crippen LogP contribution in [-0.4, -0.2) is 18.7 Å². The molecule has 0 spiro atoms. The number of carbonyl (C=O) groups excluding carboxylic acids is 1. The molecule has 16 heavy (non-hydrogen) atoms. The predicted molar refractivity (Wildman–Crippen MR) is 60.8 cm³/mol. The van der Waals surface area contributed by atoms with Gasteiger partial charge in [-0.2, -0.15) is 0 Å². The van der Waals surface area contributed by atoms with Crippen molar-refractivity contribution in [2.75, 3.05) is 6.61 Å². The third kappa shape index (κ3) is 2.29. The summed E-state index contributed by atoms with van der Waals surface area (Å²) in [6.07, 6.45) is 8.76. The SMILES string of the molecule is CCOC(=O)C1=C(C2CC=CO2)CCCC1. The van der Waals surface area contributed by atoms with Crippen molar-refractivity contribution in [3.05, 3.63) is 23.5 Å². The van der Waals surface area contributed by atoms with Crippen LogP contribution >= 0.6 is 0 Å². The van der Waals surface area contributed by atoms with Crippen LogP contribution in [0.2, 0.25) is 0 Å². The Morgan fingerprint density at radius 1 is 1.50 bits per heavy atom. The minimum absolute atomic E-state index is 0.0831. The zero-order valence-corrected chi connectivity index (χ0v) is 9.70. The van der Waals surface area contributed by atoms with E-state index in [0.29, 0.717) is 6.61 Å². The molecule has 0 radical (unpaired) electrons. The van der Waals surface area contributed by atoms with E-state index in [4.69, 9.17) is 9.47 Å². The number of ether oxygens (including phenoxy) is 2. The number of carbonyl (C=O) groups is 1. The van der Waals surface area contributed by atoms with Gasteiger partial charge in [-0.1, -0.05) is 0 Å². The van der Waals surface area contributed by atoms with Gasteiger partial charge in [-0.3, -0.25) is 0 Å². The average molecular weight is 222 g/mol. The smallest absolute Gasteiger partial charge is 0.334 e. The minimum atomic E-state index is -0.146. The maximum Gasteiger partial charge on any atom is 0.334 e. The van der Waals surface area contributed by atoms with Gasteiger partial charge in [0.1, 0.15) is 6.10 Å². The highest BCUT2D eigenvalue weighted by Gasteiger charge is 2.27. The molecular formula is C13H18O3. The summed E-state index contributed by atoms with van der Waals surface area (Å²) in [5.74, 6) is -0.146. The lowest BCUT2D eigenvalue weighted by atomic mass is 9.87. The third-order valence-electron chi connectivity index (χ3n) is 3.11. The summed E-state index contributed by atoms with van der Waals surface area (Å²) >= 11 is 0. The highest BCUT2D eigenvalue weighted by atomic mass is 16.5. The van der Waals surface area contributed by atoms with Gasteiger partial charge in [0, 0.05) is 12.0 Å². The molecule has 1 aliphatic heterocycles. The first-order chi connectivity index (χ1) is 7.83. The first-order valence-corrected chi connectivity index (χ1v) is 6.02. The molecule has 2 aliphatic rings. The van der Waals surface area contributed by atoms with Gasteiger partial charge in [-0.15, -0.1) is 0 Å². The van der Waals surface area contributed by atoms with E-state index in [1.165, 1.54) is 0 Å². The second-order valence-electron chi connectivity index (χ2n) is 4.16. The average Bonchev–Trinajstić information content (AvgIpc) is 2.83. The summed E-state index contributed by atoms with van der Waals surface area (Å²) < 4.78 is 10.6. The van der Waals surface area contributed by atoms with Crippen molar-refractivity contribution in [3.8, 4) is 0 Å². The van der Waals surface area contributed by atoms with Crippen LogP contribution in [0.1, 0.15) is 39.0 Å². The molecule has 0 saturated carbocycles. The number of rotatable bonds is 3. The van der Waals surface area contributed by atoms with Crippen LogP contribution < -0.4 is 0 Å². The zero-order chi connectivity index (χ0) is 11.4. The normalized spacial score (nSPS) is 24.4. The molecule has 0 amide bonds. The zero-order valence-electron chi connectivity index (χ0n) is 9.70. The molecular weight excluding hydrogens is 204 g/mol. The lowest BCUT2D eigenvalue weighted by Gasteiger charge is -2.23. The molecule has 1 unspecified atom stereocenters. The maximum atomic E-state index is 11.8. The molecule has 2 rings (SSSR count). The molecule has 0 aromatic carbocycles. The molecule has 0 bridgehead atoms. The minimum Gasteiger partial charge on any atom is -0.494 e. The van der Waals surface area contributed by atoms with Crippen molar-refractivity contribution < 1.29 is 14.3 Å². The van der Waals surface area contributed by atoms with Crippen molar-refractivity contribution in [3.63, 3.8) is 0 Å². The molecule has 0 N–H and O–H groups in total. The van der Waals surface area contributed by atoms with Crippen LogP contribution in [0.5, 0.6) is 0 Å². The van der Waals surface area contributed by atoms with Crippen molar-refractivity contribution in [1.82, 2.24) is 0 Å². The van der Waals surface area contributed by atoms with Crippen LogP contribution in [0.15, 0.2) is 23.5 Å². The van der Waals surface area contributed by atoms with Crippen molar-refractivity contribution in [2.24, 2.45) is 0 Å². The van der Waals surface area contributed by atoms with Gasteiger partial charge < -0.3 is 9.47 Å². The monoisotopic (exact) mass is 222 g/mol. The molecule has 0 aromatic heterocycles. The fourth-order valence-corrected chi connectivity index (χ4v) is 2.34. The van der Waals surface area contributed by atoms with Crippen LogP contribution in [0.3, 0.4) is 0 Å². The number of hydrogen-bond donors (Lipinski definition) is 0. The van der Waals surface area contributed by atoms with Crippen molar-refractivity contribution in [1.29, 1.82) is 0 Å². The first kappa shape index (κ1) is 11.2. The molecule has 0 fully saturated rings. The Hall–Kier alpha value is -1.25. The summed E-state index contributed by atoms with van der Waals surface area (Å²) in [4.78, 5) is 11.8. The Labute approximate surface area is 96.1 Å². The van der Waals surface area contributed by atoms with Crippen LogP contribution in [0.4, 0.5) is 0 Å². The van der Waals surface area contributed by atoms with Crippen LogP contribution in [0, 0.1) is 0 Å². The predicted octanol–water partition coefficient (Wildman–Crippen LogP) is 2.72. The van der Waals surface area contributed by atoms with E-state index in [1.54, 1.807) is 6.26 Å². The lowest BCUT2D eigenvalue weighted by molar-refractivity contribution is -0.138. The summed E-state index contributed by atoms with van der Waals surface area (Å²) in [6.45, 7) is 2.29. The van der Waals surface area contributed by atoms with E-state index in [9.17, 15) is 4.79 Å². The Balaban J connectivity index is 2.16. The summed E-state index contributed by atoms with van der Waals surface area (Å²) in [5.41, 5.74) is 2.02. The molecule has 1 atom stereocenters. The van der Waals surface area contributed by atoms with Gasteiger partial charge in [0.2, 0.25) is 0 Å². The molecule has 1 aliphatic carbocycles. The Morgan fingerprint density at radius 2 is 2.31 bits per heavy atom. The fourth-order valence-electron chi connectivity index (χ4n) is 2.34. The van der Waals surface area contributed by atoms with E-state index in [0.717, 1.165) is 43.3 Å². The number of hydrogen-bond acceptors (Lipinski definition) is 3. The van der Waals surface area contributed by atoms with Crippen molar-refractivity contribution in [2.45, 2.75) is 45.1 Å². The van der Waals surface area contributed by atoms with E-state index in [1.807, 2.05) is 13.0 Å². The Morgan fingerprint density at radius 3 is 3.00 bits per heavy atom. The fraction of sp³-hybridized carbons (Fsp3) is 0.615. The van der Waals surface area contributed by atoms with Gasteiger partial charge in [0.15, 0.2) is 0 Å². The molecule has 0 aromatic rings. The van der Waals surface area contributed by atoms with E-state index in [2.05, 4.69) is 0 Å². The molecule has 88 valence electrons. The standard InChI is InChI=1S/C13H18O3/c1-2-15-13(14)11-7-4-3-6-10(11)12-8-5-9-16-12/h5,9,12H,2-4,6-8H2,1H3. The first-order valence-electron chi connectivity index (χ1n) is 6.02. The van der Waals surface area contributed by atoms with E-state index in [-0.39, 0.29) is 12.1 Å². The van der Waals surface area contributed by atoms with Gasteiger partial charge >= 0.3 is 5.97 Å². The molecule has 3 heteroatoms. The quantitative estimate of drug-likeness (QED) is 0.689. The van der Waals surface area contributed by atoms with Gasteiger partial charge in [-0.25, -0.2) is 4.79 Å². The second-order valence-corrected chi connectivity index (χ2v) is 4.16. The van der Waals surface area contributed by atoms with Gasteiger partial charge in [-0.05, 0) is 44.3 Å². The molecule has 3 nitrogen and oxygen atoms in total. The van der Waals surface area contributed by atoms with Gasteiger partial charge in [0.05, 0.1) is 12.9 Å². The topological polar surface area (TPSA) is 35.5 Å². The summed E-state index contributed by atoms with van der Waals surface area (Å²) in [7, 11) is 0. The lowest BCUT2D eigenvalue weighted by Crippen LogP contribution is -2.20. The number of esters is 1. The van der Waals surface area contributed by atoms with Gasteiger partial charge in [0.25, 0.3) is 0 Å². The third-order valence-corrected chi connectivity index (χ3v) is 3.11. The molecule has 1 heterocycles.